The van der Waals surface area contributed by atoms with Gasteiger partial charge >= 0.3 is 0 Å². The zero-order valence-corrected chi connectivity index (χ0v) is 19.5. The second-order valence-electron chi connectivity index (χ2n) is 8.30. The third-order valence-corrected chi connectivity index (χ3v) is 7.27. The van der Waals surface area contributed by atoms with Gasteiger partial charge in [0.05, 0.1) is 17.1 Å². The average molecular weight is 474 g/mol. The second-order valence-corrected chi connectivity index (χ2v) is 10.5. The molecule has 0 atom stereocenters. The summed E-state index contributed by atoms with van der Waals surface area (Å²) in [7, 11) is -3.45. The van der Waals surface area contributed by atoms with Gasteiger partial charge in [-0.3, -0.25) is 9.62 Å². The molecule has 1 aliphatic heterocycles. The van der Waals surface area contributed by atoms with Crippen molar-refractivity contribution < 1.29 is 12.8 Å². The summed E-state index contributed by atoms with van der Waals surface area (Å²) >= 11 is 0. The van der Waals surface area contributed by atoms with Gasteiger partial charge < -0.3 is 4.90 Å². The van der Waals surface area contributed by atoms with E-state index in [1.54, 1.807) is 44.3 Å². The average Bonchev–Trinajstić information content (AvgIpc) is 3.11. The molecule has 3 aromatic rings. The van der Waals surface area contributed by atoms with Crippen LogP contribution in [-0.2, 0) is 16.6 Å². The molecular formula is C22H28FN7O2S. The van der Waals surface area contributed by atoms with Crippen LogP contribution >= 0.6 is 0 Å². The fourth-order valence-corrected chi connectivity index (χ4v) is 4.27. The quantitative estimate of drug-likeness (QED) is 0.564. The van der Waals surface area contributed by atoms with Gasteiger partial charge in [0.15, 0.2) is 0 Å². The number of nitrogens with one attached hydrogen (secondary N) is 1. The van der Waals surface area contributed by atoms with Gasteiger partial charge in [0.25, 0.3) is 0 Å². The number of pyridine rings is 1. The number of rotatable bonds is 7. The van der Waals surface area contributed by atoms with E-state index in [0.717, 1.165) is 44.1 Å². The predicted octanol–water partition coefficient (Wildman–Crippen LogP) is 2.66. The molecule has 33 heavy (non-hydrogen) atoms. The minimum absolute atomic E-state index is 0.326. The van der Waals surface area contributed by atoms with E-state index in [0.29, 0.717) is 18.1 Å². The smallest absolute Gasteiger partial charge is 0.236 e. The van der Waals surface area contributed by atoms with Crippen LogP contribution in [-0.4, -0.2) is 64.7 Å². The van der Waals surface area contributed by atoms with Gasteiger partial charge in [-0.2, -0.15) is 0 Å². The third-order valence-electron chi connectivity index (χ3n) is 5.54. The van der Waals surface area contributed by atoms with Gasteiger partial charge in [-0.25, -0.2) is 22.5 Å². The van der Waals surface area contributed by atoms with Crippen molar-refractivity contribution in [2.45, 2.75) is 32.1 Å². The molecule has 0 aliphatic carbocycles. The number of anilines is 2. The van der Waals surface area contributed by atoms with Crippen molar-refractivity contribution in [1.29, 1.82) is 0 Å². The number of sulfonamides is 1. The molecule has 0 bridgehead atoms. The molecule has 9 nitrogen and oxygen atoms in total. The van der Waals surface area contributed by atoms with E-state index in [2.05, 4.69) is 29.8 Å². The lowest BCUT2D eigenvalue weighted by molar-refractivity contribution is 0.282. The molecule has 11 heteroatoms. The standard InChI is InChI=1S/C22H28FN7O2S/c1-17(2)33(31,32)26-21-9-5-10-22(24-21)29-12-6-11-28(13-14-29)15-18-16-30(27-25-18)20-8-4-3-7-19(20)23/h3-5,7-10,16-17H,6,11-15H2,1-2H3,(H,24,26). The van der Waals surface area contributed by atoms with Crippen LogP contribution in [0.1, 0.15) is 26.0 Å². The van der Waals surface area contributed by atoms with Gasteiger partial charge in [-0.05, 0) is 44.5 Å². The van der Waals surface area contributed by atoms with Crippen molar-refractivity contribution in [1.82, 2.24) is 24.9 Å². The Kier molecular flexibility index (Phi) is 6.89. The number of aromatic nitrogens is 4. The van der Waals surface area contributed by atoms with Gasteiger partial charge in [0, 0.05) is 32.7 Å². The van der Waals surface area contributed by atoms with E-state index in [-0.39, 0.29) is 5.82 Å². The van der Waals surface area contributed by atoms with Crippen LogP contribution in [0.3, 0.4) is 0 Å². The van der Waals surface area contributed by atoms with E-state index in [9.17, 15) is 12.8 Å². The van der Waals surface area contributed by atoms with Crippen molar-refractivity contribution in [3.63, 3.8) is 0 Å². The molecule has 0 spiro atoms. The lowest BCUT2D eigenvalue weighted by Gasteiger charge is -2.23. The van der Waals surface area contributed by atoms with Crippen LogP contribution in [0.4, 0.5) is 16.0 Å². The largest absolute Gasteiger partial charge is 0.355 e. The number of halogens is 1. The summed E-state index contributed by atoms with van der Waals surface area (Å²) in [6.07, 6.45) is 2.68. The van der Waals surface area contributed by atoms with Crippen molar-refractivity contribution in [2.75, 3.05) is 35.8 Å². The zero-order chi connectivity index (χ0) is 23.4. The lowest BCUT2D eigenvalue weighted by atomic mass is 10.3. The molecule has 1 N–H and O–H groups in total. The molecule has 2 aromatic heterocycles. The molecule has 1 saturated heterocycles. The SMILES string of the molecule is CC(C)S(=O)(=O)Nc1cccc(N2CCCN(Cc3cn(-c4ccccc4F)nn3)CC2)n1. The first kappa shape index (κ1) is 23.1. The Morgan fingerprint density at radius 3 is 2.67 bits per heavy atom. The number of hydrogen-bond donors (Lipinski definition) is 1. The van der Waals surface area contributed by atoms with Gasteiger partial charge in [0.1, 0.15) is 23.1 Å². The highest BCUT2D eigenvalue weighted by atomic mass is 32.2. The molecule has 0 radical (unpaired) electrons. The first-order valence-electron chi connectivity index (χ1n) is 10.9. The van der Waals surface area contributed by atoms with Crippen molar-refractivity contribution in [3.05, 3.63) is 60.2 Å². The fraction of sp³-hybridized carbons (Fsp3) is 0.409. The molecule has 176 valence electrons. The molecule has 0 saturated carbocycles. The Morgan fingerprint density at radius 1 is 1.06 bits per heavy atom. The monoisotopic (exact) mass is 473 g/mol. The van der Waals surface area contributed by atoms with E-state index >= 15 is 0 Å². The number of hydrogen-bond acceptors (Lipinski definition) is 7. The fourth-order valence-electron chi connectivity index (χ4n) is 3.63. The highest BCUT2D eigenvalue weighted by Crippen LogP contribution is 2.19. The minimum Gasteiger partial charge on any atom is -0.355 e. The topological polar surface area (TPSA) is 96.2 Å². The maximum atomic E-state index is 14.0. The molecule has 1 aromatic carbocycles. The van der Waals surface area contributed by atoms with Crippen molar-refractivity contribution in [3.8, 4) is 5.69 Å². The first-order valence-corrected chi connectivity index (χ1v) is 12.5. The van der Waals surface area contributed by atoms with Crippen molar-refractivity contribution >= 4 is 21.7 Å². The Morgan fingerprint density at radius 2 is 1.88 bits per heavy atom. The summed E-state index contributed by atoms with van der Waals surface area (Å²) < 4.78 is 42.4. The highest BCUT2D eigenvalue weighted by Gasteiger charge is 2.20. The van der Waals surface area contributed by atoms with Crippen LogP contribution in [0.2, 0.25) is 0 Å². The van der Waals surface area contributed by atoms with Crippen LogP contribution < -0.4 is 9.62 Å². The molecular weight excluding hydrogens is 445 g/mol. The van der Waals surface area contributed by atoms with E-state index in [1.807, 2.05) is 12.1 Å². The summed E-state index contributed by atoms with van der Waals surface area (Å²) in [4.78, 5) is 8.95. The van der Waals surface area contributed by atoms with Crippen LogP contribution in [0, 0.1) is 5.82 Å². The molecule has 1 fully saturated rings. The molecule has 3 heterocycles. The zero-order valence-electron chi connectivity index (χ0n) is 18.7. The normalized spacial score (nSPS) is 15.6. The van der Waals surface area contributed by atoms with Crippen LogP contribution in [0.5, 0.6) is 0 Å². The number of nitrogens with zero attached hydrogens (tertiary/aromatic N) is 6. The number of para-hydroxylation sites is 1. The van der Waals surface area contributed by atoms with Crippen molar-refractivity contribution in [2.24, 2.45) is 0 Å². The maximum absolute atomic E-state index is 14.0. The Hall–Kier alpha value is -3.05. The second kappa shape index (κ2) is 9.84. The maximum Gasteiger partial charge on any atom is 0.236 e. The molecule has 1 aliphatic rings. The Labute approximate surface area is 193 Å². The highest BCUT2D eigenvalue weighted by molar-refractivity contribution is 7.93. The van der Waals surface area contributed by atoms with E-state index < -0.39 is 15.3 Å². The molecule has 0 amide bonds. The van der Waals surface area contributed by atoms with Gasteiger partial charge in [-0.1, -0.05) is 23.4 Å². The summed E-state index contributed by atoms with van der Waals surface area (Å²) in [5, 5.41) is 7.75. The van der Waals surface area contributed by atoms with Gasteiger partial charge in [0.2, 0.25) is 10.0 Å². The van der Waals surface area contributed by atoms with Crippen LogP contribution in [0.15, 0.2) is 48.7 Å². The molecule has 4 rings (SSSR count). The third kappa shape index (κ3) is 5.66. The van der Waals surface area contributed by atoms with E-state index in [4.69, 9.17) is 0 Å². The Bertz CT molecular complexity index is 1200. The van der Waals surface area contributed by atoms with Gasteiger partial charge in [-0.15, -0.1) is 5.10 Å². The molecule has 0 unspecified atom stereocenters. The lowest BCUT2D eigenvalue weighted by Crippen LogP contribution is -2.31. The summed E-state index contributed by atoms with van der Waals surface area (Å²) in [6, 6.07) is 11.8. The van der Waals surface area contributed by atoms with E-state index in [1.165, 1.54) is 10.7 Å². The summed E-state index contributed by atoms with van der Waals surface area (Å²) in [6.45, 7) is 7.10. The summed E-state index contributed by atoms with van der Waals surface area (Å²) in [5.41, 5.74) is 1.15. The first-order chi connectivity index (χ1) is 15.8. The number of benzene rings is 1. The Balaban J connectivity index is 1.39. The minimum atomic E-state index is -3.45. The predicted molar refractivity (Wildman–Crippen MR) is 125 cm³/mol. The van der Waals surface area contributed by atoms with Crippen LogP contribution in [0.25, 0.3) is 5.69 Å². The summed E-state index contributed by atoms with van der Waals surface area (Å²) in [5.74, 6) is 0.725.